The molecule has 0 bridgehead atoms. The van der Waals surface area contributed by atoms with E-state index in [4.69, 9.17) is 11.6 Å². The van der Waals surface area contributed by atoms with Crippen molar-refractivity contribution in [2.24, 2.45) is 7.05 Å². The lowest BCUT2D eigenvalue weighted by atomic mass is 10.3. The average Bonchev–Trinajstić information content (AvgIpc) is 2.80. The monoisotopic (exact) mass is 355 g/mol. The highest BCUT2D eigenvalue weighted by Gasteiger charge is 2.21. The molecule has 0 unspecified atom stereocenters. The number of aromatic nitrogens is 1. The second-order valence-electron chi connectivity index (χ2n) is 5.41. The maximum atomic E-state index is 12.3. The molecule has 0 aliphatic rings. The zero-order chi connectivity index (χ0) is 17.2. The molecule has 0 atom stereocenters. The van der Waals surface area contributed by atoms with Crippen molar-refractivity contribution >= 4 is 33.2 Å². The summed E-state index contributed by atoms with van der Waals surface area (Å²) in [5, 5.41) is 3.19. The average molecular weight is 356 g/mol. The Hall–Kier alpha value is -1.83. The zero-order valence-corrected chi connectivity index (χ0v) is 14.6. The van der Waals surface area contributed by atoms with Crippen LogP contribution in [0.5, 0.6) is 0 Å². The number of hydrogen-bond donors (Lipinski definition) is 2. The van der Waals surface area contributed by atoms with Crippen molar-refractivity contribution in [3.05, 3.63) is 47.2 Å². The van der Waals surface area contributed by atoms with Gasteiger partial charge in [0.15, 0.2) is 0 Å². The van der Waals surface area contributed by atoms with Gasteiger partial charge in [0, 0.05) is 30.0 Å². The topological polar surface area (TPSA) is 80.2 Å². The number of nitrogens with one attached hydrogen (secondary N) is 2. The summed E-state index contributed by atoms with van der Waals surface area (Å²) in [6.07, 6.45) is 1.40. The van der Waals surface area contributed by atoms with Gasteiger partial charge in [-0.3, -0.25) is 4.79 Å². The number of aryl methyl sites for hydroxylation is 1. The highest BCUT2D eigenvalue weighted by molar-refractivity contribution is 7.89. The van der Waals surface area contributed by atoms with Gasteiger partial charge in [0.05, 0.1) is 0 Å². The number of anilines is 1. The van der Waals surface area contributed by atoms with Gasteiger partial charge in [-0.15, -0.1) is 0 Å². The van der Waals surface area contributed by atoms with Crippen molar-refractivity contribution in [3.63, 3.8) is 0 Å². The van der Waals surface area contributed by atoms with E-state index in [1.54, 1.807) is 45.2 Å². The van der Waals surface area contributed by atoms with Crippen molar-refractivity contribution < 1.29 is 13.2 Å². The molecule has 0 fully saturated rings. The van der Waals surface area contributed by atoms with E-state index >= 15 is 0 Å². The third kappa shape index (κ3) is 4.34. The minimum Gasteiger partial charge on any atom is -0.345 e. The summed E-state index contributed by atoms with van der Waals surface area (Å²) >= 11 is 5.87. The molecule has 0 saturated carbocycles. The molecule has 0 aliphatic carbocycles. The van der Waals surface area contributed by atoms with Crippen molar-refractivity contribution in [1.29, 1.82) is 0 Å². The van der Waals surface area contributed by atoms with Gasteiger partial charge >= 0.3 is 0 Å². The van der Waals surface area contributed by atoms with Crippen molar-refractivity contribution in [2.75, 3.05) is 5.32 Å². The molecule has 0 aliphatic heterocycles. The third-order valence-electron chi connectivity index (χ3n) is 3.00. The van der Waals surface area contributed by atoms with E-state index in [0.29, 0.717) is 10.7 Å². The number of amides is 1. The van der Waals surface area contributed by atoms with Crippen LogP contribution in [0.2, 0.25) is 5.02 Å². The molecule has 6 nitrogen and oxygen atoms in total. The van der Waals surface area contributed by atoms with E-state index < -0.39 is 15.9 Å². The lowest BCUT2D eigenvalue weighted by Gasteiger charge is -2.07. The number of carbonyl (C=O) groups is 1. The van der Waals surface area contributed by atoms with E-state index in [-0.39, 0.29) is 16.6 Å². The maximum absolute atomic E-state index is 12.3. The molecule has 2 aromatic rings. The van der Waals surface area contributed by atoms with Crippen LogP contribution in [0.3, 0.4) is 0 Å². The van der Waals surface area contributed by atoms with Crippen LogP contribution < -0.4 is 10.0 Å². The lowest BCUT2D eigenvalue weighted by Crippen LogP contribution is -2.29. The number of hydrogen-bond acceptors (Lipinski definition) is 3. The van der Waals surface area contributed by atoms with E-state index in [1.807, 2.05) is 0 Å². The first-order valence-corrected chi connectivity index (χ1v) is 8.81. The Balaban J connectivity index is 2.26. The summed E-state index contributed by atoms with van der Waals surface area (Å²) < 4.78 is 28.3. The molecular weight excluding hydrogens is 338 g/mol. The molecule has 1 aromatic carbocycles. The van der Waals surface area contributed by atoms with Crippen LogP contribution >= 0.6 is 11.6 Å². The SMILES string of the molecule is CC(C)NS(=O)(=O)c1cc(C(=O)Nc2cccc(Cl)c2)n(C)c1. The van der Waals surface area contributed by atoms with Crippen LogP contribution in [0, 0.1) is 0 Å². The van der Waals surface area contributed by atoms with Crippen molar-refractivity contribution in [1.82, 2.24) is 9.29 Å². The molecule has 2 N–H and O–H groups in total. The van der Waals surface area contributed by atoms with Gasteiger partial charge in [-0.2, -0.15) is 0 Å². The first-order chi connectivity index (χ1) is 10.7. The van der Waals surface area contributed by atoms with Gasteiger partial charge < -0.3 is 9.88 Å². The molecule has 23 heavy (non-hydrogen) atoms. The third-order valence-corrected chi connectivity index (χ3v) is 4.86. The number of sulfonamides is 1. The van der Waals surface area contributed by atoms with Crippen LogP contribution in [-0.2, 0) is 17.1 Å². The smallest absolute Gasteiger partial charge is 0.272 e. The number of halogens is 1. The van der Waals surface area contributed by atoms with Crippen LogP contribution in [-0.4, -0.2) is 24.9 Å². The Bertz CT molecular complexity index is 828. The van der Waals surface area contributed by atoms with Gasteiger partial charge in [-0.25, -0.2) is 13.1 Å². The summed E-state index contributed by atoms with van der Waals surface area (Å²) in [4.78, 5) is 12.4. The van der Waals surface area contributed by atoms with Gasteiger partial charge in [0.1, 0.15) is 10.6 Å². The van der Waals surface area contributed by atoms with Gasteiger partial charge in [0.2, 0.25) is 10.0 Å². The second-order valence-corrected chi connectivity index (χ2v) is 7.56. The summed E-state index contributed by atoms with van der Waals surface area (Å²) in [6.45, 7) is 3.46. The Morgan fingerprint density at radius 1 is 1.26 bits per heavy atom. The van der Waals surface area contributed by atoms with E-state index in [9.17, 15) is 13.2 Å². The van der Waals surface area contributed by atoms with E-state index in [0.717, 1.165) is 0 Å². The molecule has 0 saturated heterocycles. The summed E-state index contributed by atoms with van der Waals surface area (Å²) in [7, 11) is -2.03. The molecule has 8 heteroatoms. The number of benzene rings is 1. The van der Waals surface area contributed by atoms with Crippen LogP contribution in [0.4, 0.5) is 5.69 Å². The predicted octanol–water partition coefficient (Wildman–Crippen LogP) is 2.62. The molecule has 0 spiro atoms. The minimum atomic E-state index is -3.65. The Morgan fingerprint density at radius 2 is 1.96 bits per heavy atom. The van der Waals surface area contributed by atoms with Crippen molar-refractivity contribution in [2.45, 2.75) is 24.8 Å². The van der Waals surface area contributed by atoms with Crippen LogP contribution in [0.25, 0.3) is 0 Å². The molecule has 124 valence electrons. The number of carbonyl (C=O) groups excluding carboxylic acids is 1. The van der Waals surface area contributed by atoms with E-state index in [1.165, 1.54) is 16.8 Å². The van der Waals surface area contributed by atoms with Crippen LogP contribution in [0.15, 0.2) is 41.4 Å². The fourth-order valence-corrected chi connectivity index (χ4v) is 3.56. The number of rotatable bonds is 5. The standard InChI is InChI=1S/C15H18ClN3O3S/c1-10(2)18-23(21,22)13-8-14(19(3)9-13)15(20)17-12-6-4-5-11(16)7-12/h4-10,18H,1-3H3,(H,17,20). The molecule has 1 amide bonds. The molecular formula is C15H18ClN3O3S. The van der Waals surface area contributed by atoms with Gasteiger partial charge in [-0.05, 0) is 38.1 Å². The molecule has 1 aromatic heterocycles. The largest absolute Gasteiger partial charge is 0.345 e. The maximum Gasteiger partial charge on any atom is 0.272 e. The van der Waals surface area contributed by atoms with Gasteiger partial charge in [-0.1, -0.05) is 17.7 Å². The highest BCUT2D eigenvalue weighted by atomic mass is 35.5. The Labute approximate surface area is 140 Å². The quantitative estimate of drug-likeness (QED) is 0.865. The van der Waals surface area contributed by atoms with Crippen molar-refractivity contribution in [3.8, 4) is 0 Å². The fraction of sp³-hybridized carbons (Fsp3) is 0.267. The summed E-state index contributed by atoms with van der Waals surface area (Å²) in [5.74, 6) is -0.416. The van der Waals surface area contributed by atoms with Crippen LogP contribution in [0.1, 0.15) is 24.3 Å². The van der Waals surface area contributed by atoms with E-state index in [2.05, 4.69) is 10.0 Å². The fourth-order valence-electron chi connectivity index (χ4n) is 2.05. The summed E-state index contributed by atoms with van der Waals surface area (Å²) in [6, 6.07) is 7.83. The number of nitrogens with zero attached hydrogens (tertiary/aromatic N) is 1. The first-order valence-electron chi connectivity index (χ1n) is 6.94. The summed E-state index contributed by atoms with van der Waals surface area (Å²) in [5.41, 5.74) is 0.766. The Morgan fingerprint density at radius 3 is 2.57 bits per heavy atom. The highest BCUT2D eigenvalue weighted by Crippen LogP contribution is 2.18. The second kappa shape index (κ2) is 6.74. The molecule has 0 radical (unpaired) electrons. The molecule has 1 heterocycles. The predicted molar refractivity (Wildman–Crippen MR) is 90.3 cm³/mol. The molecule has 2 rings (SSSR count). The zero-order valence-electron chi connectivity index (χ0n) is 13.0. The lowest BCUT2D eigenvalue weighted by molar-refractivity contribution is 0.101. The minimum absolute atomic E-state index is 0.0462. The normalized spacial score (nSPS) is 11.7. The first kappa shape index (κ1) is 17.5. The van der Waals surface area contributed by atoms with Gasteiger partial charge in [0.25, 0.3) is 5.91 Å². The Kier molecular flexibility index (Phi) is 5.13.